The third-order valence-corrected chi connectivity index (χ3v) is 4.56. The number of aliphatic hydroxyl groups excluding tert-OH is 1. The molecular formula is C20H24FN3O3S. The molecule has 2 aromatic carbocycles. The molecular weight excluding hydrogens is 381 g/mol. The Balaban J connectivity index is 0.00000136. The van der Waals surface area contributed by atoms with Gasteiger partial charge >= 0.3 is 0 Å². The first kappa shape index (κ1) is 21.7. The van der Waals surface area contributed by atoms with Gasteiger partial charge in [-0.15, -0.1) is 0 Å². The normalized spacial score (nSPS) is 10.3. The summed E-state index contributed by atoms with van der Waals surface area (Å²) in [6, 6.07) is 8.25. The lowest BCUT2D eigenvalue weighted by atomic mass is 10.1. The molecule has 3 aromatic rings. The molecule has 0 aliphatic carbocycles. The number of nitrogens with zero attached hydrogens (tertiary/aromatic N) is 1. The van der Waals surface area contributed by atoms with Crippen molar-refractivity contribution in [1.82, 2.24) is 9.85 Å². The highest BCUT2D eigenvalue weighted by molar-refractivity contribution is 7.14. The molecule has 0 aliphatic rings. The van der Waals surface area contributed by atoms with E-state index in [-0.39, 0.29) is 18.9 Å². The molecule has 0 fully saturated rings. The summed E-state index contributed by atoms with van der Waals surface area (Å²) in [4.78, 5) is 17.5. The summed E-state index contributed by atoms with van der Waals surface area (Å²) < 4.78 is 19.1. The average Bonchev–Trinajstić information content (AvgIpc) is 3.18. The zero-order chi connectivity index (χ0) is 20.5. The second kappa shape index (κ2) is 10.7. The molecule has 150 valence electrons. The molecule has 0 radical (unpaired) electrons. The highest BCUT2D eigenvalue weighted by Crippen LogP contribution is 2.33. The monoisotopic (exact) mass is 405 g/mol. The van der Waals surface area contributed by atoms with Crippen molar-refractivity contribution in [2.45, 2.75) is 27.2 Å². The average molecular weight is 405 g/mol. The third-order valence-electron chi connectivity index (χ3n) is 3.72. The number of carbonyl (C=O) groups excluding carboxylic acids is 1. The molecule has 0 saturated heterocycles. The van der Waals surface area contributed by atoms with Crippen molar-refractivity contribution in [2.75, 3.05) is 18.5 Å². The Bertz CT molecular complexity index is 930. The van der Waals surface area contributed by atoms with Gasteiger partial charge in [0, 0.05) is 18.2 Å². The second-order valence-electron chi connectivity index (χ2n) is 5.70. The van der Waals surface area contributed by atoms with E-state index >= 15 is 0 Å². The Morgan fingerprint density at radius 2 is 2.07 bits per heavy atom. The molecule has 0 saturated carbocycles. The highest BCUT2D eigenvalue weighted by Gasteiger charge is 2.17. The SMILES string of the molecule is CC.Cc1ccc(Nc2c(C(=O)NOCCCO)ccc3cnsc23)c(F)c1. The molecule has 1 heterocycles. The van der Waals surface area contributed by atoms with E-state index in [9.17, 15) is 9.18 Å². The van der Waals surface area contributed by atoms with Crippen LogP contribution in [0.5, 0.6) is 0 Å². The van der Waals surface area contributed by atoms with Crippen LogP contribution in [-0.4, -0.2) is 28.6 Å². The summed E-state index contributed by atoms with van der Waals surface area (Å²) in [5, 5.41) is 12.6. The van der Waals surface area contributed by atoms with Crippen molar-refractivity contribution in [3.05, 3.63) is 53.5 Å². The van der Waals surface area contributed by atoms with E-state index in [4.69, 9.17) is 9.94 Å². The molecule has 3 rings (SSSR count). The van der Waals surface area contributed by atoms with Crippen LogP contribution in [0.25, 0.3) is 10.1 Å². The fourth-order valence-electron chi connectivity index (χ4n) is 2.41. The van der Waals surface area contributed by atoms with Crippen molar-refractivity contribution in [3.63, 3.8) is 0 Å². The van der Waals surface area contributed by atoms with Gasteiger partial charge in [0.1, 0.15) is 5.82 Å². The summed E-state index contributed by atoms with van der Waals surface area (Å²) in [5.74, 6) is -0.870. The number of fused-ring (bicyclic) bond motifs is 1. The molecule has 1 amide bonds. The molecule has 6 nitrogen and oxygen atoms in total. The number of rotatable bonds is 7. The van der Waals surface area contributed by atoms with Crippen molar-refractivity contribution in [1.29, 1.82) is 0 Å². The predicted octanol–water partition coefficient (Wildman–Crippen LogP) is 4.56. The first-order valence-corrected chi connectivity index (χ1v) is 9.81. The molecule has 0 bridgehead atoms. The van der Waals surface area contributed by atoms with Gasteiger partial charge in [0.25, 0.3) is 5.91 Å². The number of hydroxylamine groups is 1. The lowest BCUT2D eigenvalue weighted by Gasteiger charge is -2.14. The van der Waals surface area contributed by atoms with E-state index in [1.807, 2.05) is 13.8 Å². The Morgan fingerprint density at radius 1 is 1.29 bits per heavy atom. The first-order chi connectivity index (χ1) is 13.6. The van der Waals surface area contributed by atoms with Crippen LogP contribution in [-0.2, 0) is 4.84 Å². The number of hydrogen-bond acceptors (Lipinski definition) is 6. The van der Waals surface area contributed by atoms with Crippen LogP contribution >= 0.6 is 11.5 Å². The maximum absolute atomic E-state index is 14.3. The third kappa shape index (κ3) is 5.25. The zero-order valence-corrected chi connectivity index (χ0v) is 16.9. The summed E-state index contributed by atoms with van der Waals surface area (Å²) in [6.07, 6.45) is 2.10. The van der Waals surface area contributed by atoms with E-state index in [0.717, 1.165) is 15.6 Å². The number of nitrogens with one attached hydrogen (secondary N) is 2. The van der Waals surface area contributed by atoms with Crippen LogP contribution in [0, 0.1) is 12.7 Å². The minimum absolute atomic E-state index is 0.0256. The minimum atomic E-state index is -0.465. The number of halogens is 1. The molecule has 3 N–H and O–H groups in total. The number of anilines is 2. The Labute approximate surface area is 167 Å². The van der Waals surface area contributed by atoms with E-state index < -0.39 is 11.7 Å². The summed E-state index contributed by atoms with van der Waals surface area (Å²) in [5.41, 5.74) is 4.20. The number of benzene rings is 2. The maximum Gasteiger partial charge on any atom is 0.277 e. The predicted molar refractivity (Wildman–Crippen MR) is 111 cm³/mol. The fourth-order valence-corrected chi connectivity index (χ4v) is 3.16. The van der Waals surface area contributed by atoms with E-state index in [2.05, 4.69) is 15.2 Å². The van der Waals surface area contributed by atoms with Crippen molar-refractivity contribution in [2.24, 2.45) is 0 Å². The smallest absolute Gasteiger partial charge is 0.277 e. The van der Waals surface area contributed by atoms with Gasteiger partial charge in [-0.3, -0.25) is 9.63 Å². The van der Waals surface area contributed by atoms with E-state index in [0.29, 0.717) is 17.7 Å². The number of aryl methyl sites for hydroxylation is 1. The maximum atomic E-state index is 14.3. The molecule has 0 spiro atoms. The van der Waals surface area contributed by atoms with Gasteiger partial charge in [0.05, 0.1) is 28.2 Å². The molecule has 0 aliphatic heterocycles. The number of aliphatic hydroxyl groups is 1. The first-order valence-electron chi connectivity index (χ1n) is 9.03. The standard InChI is InChI=1S/C18H18FN3O3S.C2H6/c1-11-3-6-15(14(19)9-11)21-16-13(18(24)22-25-8-2-7-23)5-4-12-10-20-26-17(12)16;1-2/h3-6,9-10,21,23H,2,7-8H2,1H3,(H,22,24);1-2H3. The van der Waals surface area contributed by atoms with Crippen LogP contribution in [0.1, 0.15) is 36.2 Å². The van der Waals surface area contributed by atoms with Gasteiger partial charge in [-0.1, -0.05) is 26.0 Å². The van der Waals surface area contributed by atoms with Crippen LogP contribution < -0.4 is 10.8 Å². The molecule has 28 heavy (non-hydrogen) atoms. The van der Waals surface area contributed by atoms with Crippen LogP contribution in [0.15, 0.2) is 36.5 Å². The molecule has 8 heteroatoms. The van der Waals surface area contributed by atoms with Gasteiger partial charge in [-0.2, -0.15) is 4.37 Å². The summed E-state index contributed by atoms with van der Waals surface area (Å²) >= 11 is 1.22. The topological polar surface area (TPSA) is 83.5 Å². The van der Waals surface area contributed by atoms with E-state index in [1.165, 1.54) is 17.6 Å². The number of amides is 1. The van der Waals surface area contributed by atoms with Gasteiger partial charge in [-0.25, -0.2) is 9.87 Å². The Morgan fingerprint density at radius 3 is 2.79 bits per heavy atom. The number of carbonyl (C=O) groups is 1. The van der Waals surface area contributed by atoms with Gasteiger partial charge < -0.3 is 10.4 Å². The van der Waals surface area contributed by atoms with Crippen molar-refractivity contribution < 1.29 is 19.1 Å². The highest BCUT2D eigenvalue weighted by atomic mass is 32.1. The summed E-state index contributed by atoms with van der Waals surface area (Å²) in [7, 11) is 0. The Hall–Kier alpha value is -2.55. The lowest BCUT2D eigenvalue weighted by Crippen LogP contribution is -2.25. The van der Waals surface area contributed by atoms with Crippen LogP contribution in [0.4, 0.5) is 15.8 Å². The number of hydrogen-bond donors (Lipinski definition) is 3. The van der Waals surface area contributed by atoms with Gasteiger partial charge in [0.15, 0.2) is 0 Å². The second-order valence-corrected chi connectivity index (χ2v) is 6.50. The largest absolute Gasteiger partial charge is 0.396 e. The van der Waals surface area contributed by atoms with Crippen LogP contribution in [0.2, 0.25) is 0 Å². The van der Waals surface area contributed by atoms with Gasteiger partial charge in [-0.05, 0) is 48.6 Å². The number of aromatic nitrogens is 1. The Kier molecular flexibility index (Phi) is 8.31. The van der Waals surface area contributed by atoms with Crippen molar-refractivity contribution in [3.8, 4) is 0 Å². The fraction of sp³-hybridized carbons (Fsp3) is 0.300. The van der Waals surface area contributed by atoms with E-state index in [1.54, 1.807) is 37.4 Å². The molecule has 1 aromatic heterocycles. The quantitative estimate of drug-likeness (QED) is 0.397. The minimum Gasteiger partial charge on any atom is -0.396 e. The lowest BCUT2D eigenvalue weighted by molar-refractivity contribution is 0.0262. The van der Waals surface area contributed by atoms with Crippen LogP contribution in [0.3, 0.4) is 0 Å². The molecule has 0 atom stereocenters. The van der Waals surface area contributed by atoms with Gasteiger partial charge in [0.2, 0.25) is 0 Å². The summed E-state index contributed by atoms with van der Waals surface area (Å²) in [6.45, 7) is 5.97. The molecule has 0 unspecified atom stereocenters. The zero-order valence-electron chi connectivity index (χ0n) is 16.1. The van der Waals surface area contributed by atoms with Crippen molar-refractivity contribution >= 4 is 38.9 Å².